The monoisotopic (exact) mass is 272 g/mol. The fourth-order valence-electron chi connectivity index (χ4n) is 2.45. The van der Waals surface area contributed by atoms with E-state index in [1.807, 2.05) is 0 Å². The molecule has 1 fully saturated rings. The molecule has 0 aliphatic heterocycles. The molecule has 6 heteroatoms. The Morgan fingerprint density at radius 3 is 2.90 bits per heavy atom. The molecule has 6 nitrogen and oxygen atoms in total. The molecule has 0 amide bonds. The maximum Gasteiger partial charge on any atom is 0.279 e. The molecule has 3 rings (SSSR count). The van der Waals surface area contributed by atoms with Crippen molar-refractivity contribution in [2.75, 3.05) is 0 Å². The summed E-state index contributed by atoms with van der Waals surface area (Å²) in [5.41, 5.74) is 0.462. The van der Waals surface area contributed by atoms with Crippen molar-refractivity contribution in [3.8, 4) is 5.75 Å². The lowest BCUT2D eigenvalue weighted by atomic mass is 10.1. The Morgan fingerprint density at radius 2 is 2.20 bits per heavy atom. The zero-order valence-electron chi connectivity index (χ0n) is 10.6. The third kappa shape index (κ3) is 2.20. The molecule has 0 radical (unpaired) electrons. The van der Waals surface area contributed by atoms with Crippen molar-refractivity contribution < 1.29 is 14.5 Å². The molecule has 0 spiro atoms. The average Bonchev–Trinajstić information content (AvgIpc) is 2.84. The van der Waals surface area contributed by atoms with Crippen LogP contribution in [0, 0.1) is 10.1 Å². The van der Waals surface area contributed by atoms with Crippen molar-refractivity contribution in [2.45, 2.75) is 25.4 Å². The highest BCUT2D eigenvalue weighted by molar-refractivity contribution is 5.92. The van der Waals surface area contributed by atoms with E-state index < -0.39 is 4.92 Å². The Balaban J connectivity index is 2.02. The molecule has 20 heavy (non-hydrogen) atoms. The number of nitro groups is 1. The number of benzene rings is 1. The van der Waals surface area contributed by atoms with Gasteiger partial charge >= 0.3 is 0 Å². The Labute approximate surface area is 114 Å². The van der Waals surface area contributed by atoms with Crippen LogP contribution in [0.2, 0.25) is 0 Å². The van der Waals surface area contributed by atoms with E-state index >= 15 is 0 Å². The molecule has 1 saturated carbocycles. The SMILES string of the molecule is O=C1CCC(Oc2ccc([N+](=O)[O-])c3cccnc23)C1. The summed E-state index contributed by atoms with van der Waals surface area (Å²) in [5, 5.41) is 11.4. The Bertz CT molecular complexity index is 699. The Hall–Kier alpha value is -2.50. The van der Waals surface area contributed by atoms with Gasteiger partial charge in [-0.05, 0) is 24.6 Å². The van der Waals surface area contributed by atoms with Gasteiger partial charge in [-0.1, -0.05) is 0 Å². The van der Waals surface area contributed by atoms with Gasteiger partial charge in [0.1, 0.15) is 23.2 Å². The van der Waals surface area contributed by atoms with Gasteiger partial charge in [-0.2, -0.15) is 0 Å². The summed E-state index contributed by atoms with van der Waals surface area (Å²) in [6.45, 7) is 0. The quantitative estimate of drug-likeness (QED) is 0.633. The van der Waals surface area contributed by atoms with Gasteiger partial charge in [0.2, 0.25) is 0 Å². The maximum absolute atomic E-state index is 11.3. The topological polar surface area (TPSA) is 82.3 Å². The first-order valence-electron chi connectivity index (χ1n) is 6.35. The first kappa shape index (κ1) is 12.5. The van der Waals surface area contributed by atoms with Crippen molar-refractivity contribution in [1.82, 2.24) is 4.98 Å². The van der Waals surface area contributed by atoms with Crippen LogP contribution < -0.4 is 4.74 Å². The number of ketones is 1. The second-order valence-corrected chi connectivity index (χ2v) is 4.76. The molecule has 1 unspecified atom stereocenters. The summed E-state index contributed by atoms with van der Waals surface area (Å²) in [6.07, 6.45) is 3.02. The molecular weight excluding hydrogens is 260 g/mol. The van der Waals surface area contributed by atoms with Gasteiger partial charge < -0.3 is 4.74 Å². The lowest BCUT2D eigenvalue weighted by Gasteiger charge is -2.13. The fraction of sp³-hybridized carbons (Fsp3) is 0.286. The number of rotatable bonds is 3. The van der Waals surface area contributed by atoms with Crippen LogP contribution in [-0.2, 0) is 4.79 Å². The van der Waals surface area contributed by atoms with Crippen LogP contribution in [0.1, 0.15) is 19.3 Å². The molecule has 1 heterocycles. The van der Waals surface area contributed by atoms with E-state index in [1.54, 1.807) is 24.4 Å². The molecule has 1 aliphatic carbocycles. The van der Waals surface area contributed by atoms with Crippen molar-refractivity contribution in [2.24, 2.45) is 0 Å². The summed E-state index contributed by atoms with van der Waals surface area (Å²) >= 11 is 0. The van der Waals surface area contributed by atoms with E-state index in [0.29, 0.717) is 35.9 Å². The number of carbonyl (C=O) groups is 1. The fourth-order valence-corrected chi connectivity index (χ4v) is 2.45. The summed E-state index contributed by atoms with van der Waals surface area (Å²) in [4.78, 5) is 26.0. The van der Waals surface area contributed by atoms with Crippen molar-refractivity contribution in [3.05, 3.63) is 40.6 Å². The van der Waals surface area contributed by atoms with Crippen molar-refractivity contribution >= 4 is 22.4 Å². The lowest BCUT2D eigenvalue weighted by Crippen LogP contribution is -2.12. The Kier molecular flexibility index (Phi) is 3.06. The number of nitrogens with zero attached hydrogens (tertiary/aromatic N) is 2. The second kappa shape index (κ2) is 4.88. The summed E-state index contributed by atoms with van der Waals surface area (Å²) in [6, 6.07) is 6.26. The van der Waals surface area contributed by atoms with E-state index in [0.717, 1.165) is 0 Å². The van der Waals surface area contributed by atoms with Crippen molar-refractivity contribution in [1.29, 1.82) is 0 Å². The van der Waals surface area contributed by atoms with Gasteiger partial charge in [0, 0.05) is 25.1 Å². The lowest BCUT2D eigenvalue weighted by molar-refractivity contribution is -0.383. The van der Waals surface area contributed by atoms with E-state index in [4.69, 9.17) is 4.74 Å². The molecule has 0 saturated heterocycles. The molecule has 0 bridgehead atoms. The highest BCUT2D eigenvalue weighted by Crippen LogP contribution is 2.33. The van der Waals surface area contributed by atoms with Gasteiger partial charge in [-0.3, -0.25) is 19.9 Å². The molecule has 1 aromatic heterocycles. The summed E-state index contributed by atoms with van der Waals surface area (Å²) < 4.78 is 5.79. The molecule has 102 valence electrons. The number of aromatic nitrogens is 1. The van der Waals surface area contributed by atoms with Gasteiger partial charge in [-0.15, -0.1) is 0 Å². The zero-order chi connectivity index (χ0) is 14.1. The maximum atomic E-state index is 11.3. The van der Waals surface area contributed by atoms with Gasteiger partial charge in [0.25, 0.3) is 5.69 Å². The first-order valence-corrected chi connectivity index (χ1v) is 6.35. The van der Waals surface area contributed by atoms with Crippen LogP contribution in [0.5, 0.6) is 5.75 Å². The van der Waals surface area contributed by atoms with Gasteiger partial charge in [0.15, 0.2) is 0 Å². The van der Waals surface area contributed by atoms with E-state index in [9.17, 15) is 14.9 Å². The van der Waals surface area contributed by atoms with E-state index in [1.165, 1.54) is 6.07 Å². The molecular formula is C14H12N2O4. The van der Waals surface area contributed by atoms with Crippen LogP contribution in [0.4, 0.5) is 5.69 Å². The minimum absolute atomic E-state index is 0.00273. The minimum atomic E-state index is -0.438. The number of non-ortho nitro benzene ring substituents is 1. The predicted molar refractivity (Wildman–Crippen MR) is 71.7 cm³/mol. The molecule has 1 aromatic carbocycles. The van der Waals surface area contributed by atoms with Crippen LogP contribution in [0.25, 0.3) is 10.9 Å². The number of ether oxygens (including phenoxy) is 1. The third-order valence-corrected chi connectivity index (χ3v) is 3.40. The summed E-state index contributed by atoms with van der Waals surface area (Å²) in [5.74, 6) is 0.681. The number of hydrogen-bond acceptors (Lipinski definition) is 5. The van der Waals surface area contributed by atoms with Crippen LogP contribution in [0.3, 0.4) is 0 Å². The number of carbonyl (C=O) groups excluding carboxylic acids is 1. The number of nitro benzene ring substituents is 1. The largest absolute Gasteiger partial charge is 0.488 e. The standard InChI is InChI=1S/C14H12N2O4/c17-9-3-4-10(8-9)20-13-6-5-12(16(18)19)11-2-1-7-15-14(11)13/h1-2,5-7,10H,3-4,8H2. The van der Waals surface area contributed by atoms with E-state index in [-0.39, 0.29) is 17.6 Å². The van der Waals surface area contributed by atoms with Gasteiger partial charge in [0.05, 0.1) is 10.3 Å². The highest BCUT2D eigenvalue weighted by Gasteiger charge is 2.25. The van der Waals surface area contributed by atoms with Gasteiger partial charge in [-0.25, -0.2) is 0 Å². The Morgan fingerprint density at radius 1 is 1.35 bits per heavy atom. The normalized spacial score (nSPS) is 18.4. The van der Waals surface area contributed by atoms with Crippen molar-refractivity contribution in [3.63, 3.8) is 0 Å². The molecule has 2 aromatic rings. The third-order valence-electron chi connectivity index (χ3n) is 3.40. The summed E-state index contributed by atoms with van der Waals surface area (Å²) in [7, 11) is 0. The molecule has 0 N–H and O–H groups in total. The van der Waals surface area contributed by atoms with Crippen LogP contribution in [-0.4, -0.2) is 21.8 Å². The average molecular weight is 272 g/mol. The number of hydrogen-bond donors (Lipinski definition) is 0. The molecule has 1 aliphatic rings. The number of pyridine rings is 1. The number of fused-ring (bicyclic) bond motifs is 1. The van der Waals surface area contributed by atoms with Crippen LogP contribution >= 0.6 is 0 Å². The first-order chi connectivity index (χ1) is 9.65. The van der Waals surface area contributed by atoms with E-state index in [2.05, 4.69) is 4.98 Å². The predicted octanol–water partition coefficient (Wildman–Crippen LogP) is 2.64. The second-order valence-electron chi connectivity index (χ2n) is 4.76. The minimum Gasteiger partial charge on any atom is -0.488 e. The van der Waals surface area contributed by atoms with Crippen LogP contribution in [0.15, 0.2) is 30.5 Å². The number of Topliss-reactive ketones (excluding diaryl/α,β-unsaturated/α-hetero) is 1. The zero-order valence-corrected chi connectivity index (χ0v) is 10.6. The smallest absolute Gasteiger partial charge is 0.279 e. The molecule has 1 atom stereocenters. The highest BCUT2D eigenvalue weighted by atomic mass is 16.6.